The molecule has 2 aromatic heterocycles. The molecule has 0 bridgehead atoms. The van der Waals surface area contributed by atoms with Gasteiger partial charge in [0, 0.05) is 18.9 Å². The maximum absolute atomic E-state index is 6.00. The first-order valence-corrected chi connectivity index (χ1v) is 6.55. The molecule has 94 valence electrons. The largest absolute Gasteiger partial charge is 0.396 e. The molecule has 0 radical (unpaired) electrons. The summed E-state index contributed by atoms with van der Waals surface area (Å²) in [5, 5.41) is 0. The summed E-state index contributed by atoms with van der Waals surface area (Å²) in [5.74, 6) is 0. The van der Waals surface area contributed by atoms with Gasteiger partial charge in [-0.25, -0.2) is 0 Å². The molecule has 5 heteroatoms. The topological polar surface area (TPSA) is 55.0 Å². The third kappa shape index (κ3) is 2.79. The van der Waals surface area contributed by atoms with Crippen LogP contribution in [0, 0.1) is 0 Å². The second kappa shape index (κ2) is 5.82. The Morgan fingerprint density at radius 2 is 2.17 bits per heavy atom. The second-order valence-electron chi connectivity index (χ2n) is 3.89. The zero-order valence-corrected chi connectivity index (χ0v) is 11.8. The van der Waals surface area contributed by atoms with Crippen molar-refractivity contribution in [2.45, 2.75) is 13.5 Å². The van der Waals surface area contributed by atoms with Gasteiger partial charge in [-0.2, -0.15) is 0 Å². The van der Waals surface area contributed by atoms with Crippen LogP contribution in [0.1, 0.15) is 12.6 Å². The number of nitrogens with two attached hydrogens (primary N) is 1. The SMILES string of the molecule is CCN(Cc1ccccn1)c1c(N)cncc1Br. The number of nitrogen functional groups attached to an aromatic ring is 1. The molecule has 0 aliphatic heterocycles. The van der Waals surface area contributed by atoms with Gasteiger partial charge < -0.3 is 10.6 Å². The van der Waals surface area contributed by atoms with Crippen LogP contribution in [0.4, 0.5) is 11.4 Å². The van der Waals surface area contributed by atoms with Crippen LogP contribution < -0.4 is 10.6 Å². The van der Waals surface area contributed by atoms with Crippen LogP contribution in [0.15, 0.2) is 41.3 Å². The van der Waals surface area contributed by atoms with Crippen molar-refractivity contribution < 1.29 is 0 Å². The van der Waals surface area contributed by atoms with E-state index in [1.54, 1.807) is 18.6 Å². The average Bonchev–Trinajstić information content (AvgIpc) is 2.38. The fourth-order valence-electron chi connectivity index (χ4n) is 1.81. The van der Waals surface area contributed by atoms with Gasteiger partial charge in [-0.15, -0.1) is 0 Å². The van der Waals surface area contributed by atoms with Crippen molar-refractivity contribution in [2.24, 2.45) is 0 Å². The van der Waals surface area contributed by atoms with Crippen LogP contribution in [0.2, 0.25) is 0 Å². The van der Waals surface area contributed by atoms with Crippen molar-refractivity contribution in [1.82, 2.24) is 9.97 Å². The van der Waals surface area contributed by atoms with Crippen molar-refractivity contribution in [1.29, 1.82) is 0 Å². The zero-order valence-electron chi connectivity index (χ0n) is 10.2. The van der Waals surface area contributed by atoms with E-state index in [0.717, 1.165) is 28.9 Å². The number of hydrogen-bond acceptors (Lipinski definition) is 4. The van der Waals surface area contributed by atoms with Crippen molar-refractivity contribution in [2.75, 3.05) is 17.2 Å². The second-order valence-corrected chi connectivity index (χ2v) is 4.75. The number of rotatable bonds is 4. The summed E-state index contributed by atoms with van der Waals surface area (Å²) in [6.45, 7) is 3.67. The maximum atomic E-state index is 6.00. The molecule has 18 heavy (non-hydrogen) atoms. The molecule has 2 N–H and O–H groups in total. The highest BCUT2D eigenvalue weighted by Gasteiger charge is 2.13. The van der Waals surface area contributed by atoms with Crippen molar-refractivity contribution in [3.8, 4) is 0 Å². The van der Waals surface area contributed by atoms with Crippen molar-refractivity contribution >= 4 is 27.3 Å². The van der Waals surface area contributed by atoms with Gasteiger partial charge in [0.05, 0.1) is 34.3 Å². The lowest BCUT2D eigenvalue weighted by molar-refractivity contribution is 0.808. The summed E-state index contributed by atoms with van der Waals surface area (Å²) in [4.78, 5) is 10.6. The third-order valence-electron chi connectivity index (χ3n) is 2.68. The van der Waals surface area contributed by atoms with Gasteiger partial charge in [-0.05, 0) is 35.0 Å². The average molecular weight is 307 g/mol. The van der Waals surface area contributed by atoms with E-state index in [4.69, 9.17) is 5.73 Å². The first-order valence-electron chi connectivity index (χ1n) is 5.76. The number of hydrogen-bond donors (Lipinski definition) is 1. The van der Waals surface area contributed by atoms with Crippen LogP contribution in [0.3, 0.4) is 0 Å². The van der Waals surface area contributed by atoms with Gasteiger partial charge in [-0.3, -0.25) is 9.97 Å². The van der Waals surface area contributed by atoms with Gasteiger partial charge in [0.2, 0.25) is 0 Å². The molecule has 0 atom stereocenters. The summed E-state index contributed by atoms with van der Waals surface area (Å²) < 4.78 is 0.903. The summed E-state index contributed by atoms with van der Waals surface area (Å²) >= 11 is 3.50. The Hall–Kier alpha value is -1.62. The van der Waals surface area contributed by atoms with Crippen LogP contribution >= 0.6 is 15.9 Å². The van der Waals surface area contributed by atoms with Crippen LogP contribution in [0.5, 0.6) is 0 Å². The van der Waals surface area contributed by atoms with Crippen LogP contribution in [-0.4, -0.2) is 16.5 Å². The Morgan fingerprint density at radius 3 is 2.78 bits per heavy atom. The lowest BCUT2D eigenvalue weighted by Gasteiger charge is -2.25. The smallest absolute Gasteiger partial charge is 0.0779 e. The molecule has 2 heterocycles. The Kier molecular flexibility index (Phi) is 4.15. The van der Waals surface area contributed by atoms with E-state index in [1.165, 1.54) is 0 Å². The highest BCUT2D eigenvalue weighted by molar-refractivity contribution is 9.10. The molecule has 2 aromatic rings. The molecule has 0 aliphatic carbocycles. The first-order chi connectivity index (χ1) is 8.72. The predicted molar refractivity (Wildman–Crippen MR) is 77.3 cm³/mol. The lowest BCUT2D eigenvalue weighted by Crippen LogP contribution is -2.24. The molecule has 0 spiro atoms. The minimum absolute atomic E-state index is 0.669. The Morgan fingerprint density at radius 1 is 1.33 bits per heavy atom. The van der Waals surface area contributed by atoms with Gasteiger partial charge >= 0.3 is 0 Å². The summed E-state index contributed by atoms with van der Waals surface area (Å²) in [6, 6.07) is 5.91. The molecule has 4 nitrogen and oxygen atoms in total. The molecule has 0 aliphatic rings. The van der Waals surface area contributed by atoms with Gasteiger partial charge in [0.25, 0.3) is 0 Å². The molecule has 0 unspecified atom stereocenters. The monoisotopic (exact) mass is 306 g/mol. The van der Waals surface area contributed by atoms with E-state index in [9.17, 15) is 0 Å². The van der Waals surface area contributed by atoms with Crippen LogP contribution in [-0.2, 0) is 6.54 Å². The van der Waals surface area contributed by atoms with E-state index in [0.29, 0.717) is 5.69 Å². The van der Waals surface area contributed by atoms with Gasteiger partial charge in [-0.1, -0.05) is 6.07 Å². The number of pyridine rings is 2. The highest BCUT2D eigenvalue weighted by atomic mass is 79.9. The minimum atomic E-state index is 0.669. The Labute approximate surface area is 115 Å². The van der Waals surface area contributed by atoms with E-state index < -0.39 is 0 Å². The maximum Gasteiger partial charge on any atom is 0.0779 e. The normalized spacial score (nSPS) is 10.3. The number of anilines is 2. The summed E-state index contributed by atoms with van der Waals surface area (Å²) in [5.41, 5.74) is 8.65. The lowest BCUT2D eigenvalue weighted by atomic mass is 10.2. The van der Waals surface area contributed by atoms with E-state index >= 15 is 0 Å². The quantitative estimate of drug-likeness (QED) is 0.943. The molecular weight excluding hydrogens is 292 g/mol. The molecule has 0 aromatic carbocycles. The fourth-order valence-corrected chi connectivity index (χ4v) is 2.41. The van der Waals surface area contributed by atoms with Gasteiger partial charge in [0.15, 0.2) is 0 Å². The van der Waals surface area contributed by atoms with E-state index in [-0.39, 0.29) is 0 Å². The highest BCUT2D eigenvalue weighted by Crippen LogP contribution is 2.31. The summed E-state index contributed by atoms with van der Waals surface area (Å²) in [6.07, 6.45) is 5.22. The Bertz CT molecular complexity index is 495. The minimum Gasteiger partial charge on any atom is -0.396 e. The molecule has 0 saturated carbocycles. The predicted octanol–water partition coefficient (Wildman–Crippen LogP) is 2.85. The molecule has 0 fully saturated rings. The molecule has 0 amide bonds. The van der Waals surface area contributed by atoms with Crippen LogP contribution in [0.25, 0.3) is 0 Å². The Balaban J connectivity index is 2.29. The van der Waals surface area contributed by atoms with E-state index in [2.05, 4.69) is 37.7 Å². The molecule has 0 saturated heterocycles. The fraction of sp³-hybridized carbons (Fsp3) is 0.231. The number of nitrogens with zero attached hydrogens (tertiary/aromatic N) is 3. The molecular formula is C13H15BrN4. The number of halogens is 1. The number of aromatic nitrogens is 2. The summed E-state index contributed by atoms with van der Waals surface area (Å²) in [7, 11) is 0. The van der Waals surface area contributed by atoms with E-state index in [1.807, 2.05) is 18.2 Å². The van der Waals surface area contributed by atoms with Crippen molar-refractivity contribution in [3.63, 3.8) is 0 Å². The zero-order chi connectivity index (χ0) is 13.0. The molecule has 2 rings (SSSR count). The standard InChI is InChI=1S/C13H15BrN4/c1-2-18(9-10-5-3-4-6-17-10)13-11(14)7-16-8-12(13)15/h3-8H,2,9,15H2,1H3. The van der Waals surface area contributed by atoms with Gasteiger partial charge in [0.1, 0.15) is 0 Å². The first kappa shape index (κ1) is 12.8. The van der Waals surface area contributed by atoms with Crippen molar-refractivity contribution in [3.05, 3.63) is 47.0 Å². The third-order valence-corrected chi connectivity index (χ3v) is 3.26.